The average Bonchev–Trinajstić information content (AvgIpc) is 3.09. The average molecular weight is 358 g/mol. The topological polar surface area (TPSA) is 58.6 Å². The molecule has 1 aromatic heterocycles. The Bertz CT molecular complexity index is 979. The Kier molecular flexibility index (Phi) is 3.67. The molecule has 24 heavy (non-hydrogen) atoms. The maximum atomic E-state index is 12.1. The molecule has 0 saturated carbocycles. The molecule has 1 aliphatic rings. The summed E-state index contributed by atoms with van der Waals surface area (Å²) >= 11 is 7.94. The van der Waals surface area contributed by atoms with Gasteiger partial charge in [0.05, 0.1) is 9.90 Å². The van der Waals surface area contributed by atoms with E-state index in [0.29, 0.717) is 16.3 Å². The number of phenols is 1. The smallest absolute Gasteiger partial charge is 0.356 e. The monoisotopic (exact) mass is 357 g/mol. The lowest BCUT2D eigenvalue weighted by Crippen LogP contribution is -2.12. The number of benzene rings is 2. The molecule has 1 atom stereocenters. The number of phenolic OH excluding ortho intramolecular Hbond substituents is 1. The fraction of sp³-hybridized carbons (Fsp3) is 0.0556. The largest absolute Gasteiger partial charge is 0.508 e. The molecule has 0 spiro atoms. The highest BCUT2D eigenvalue weighted by Gasteiger charge is 2.32. The van der Waals surface area contributed by atoms with Gasteiger partial charge in [-0.1, -0.05) is 41.9 Å². The normalized spacial score (nSPS) is 18.8. The number of fused-ring (bicyclic) bond motifs is 1. The number of ether oxygens (including phenoxy) is 1. The van der Waals surface area contributed by atoms with E-state index in [9.17, 15) is 9.90 Å². The summed E-state index contributed by atoms with van der Waals surface area (Å²) in [6.45, 7) is 0. The number of halogens is 1. The number of aromatic hydroxyl groups is 1. The first kappa shape index (κ1) is 15.1. The van der Waals surface area contributed by atoms with Crippen LogP contribution in [0.5, 0.6) is 5.75 Å². The number of carbonyl (C=O) groups is 1. The molecular formula is C18H12ClNO3S. The zero-order chi connectivity index (χ0) is 16.7. The second-order valence-corrected chi connectivity index (χ2v) is 6.82. The molecule has 2 heterocycles. The van der Waals surface area contributed by atoms with Gasteiger partial charge in [0.2, 0.25) is 6.23 Å². The van der Waals surface area contributed by atoms with Crippen molar-refractivity contribution in [3.8, 4) is 5.75 Å². The van der Waals surface area contributed by atoms with Crippen molar-refractivity contribution in [2.45, 2.75) is 6.23 Å². The molecule has 1 unspecified atom stereocenters. The van der Waals surface area contributed by atoms with Crippen LogP contribution >= 0.6 is 22.9 Å². The van der Waals surface area contributed by atoms with Gasteiger partial charge in [0.1, 0.15) is 11.4 Å². The molecular weight excluding hydrogens is 346 g/mol. The van der Waals surface area contributed by atoms with Crippen LogP contribution in [-0.2, 0) is 9.53 Å². The van der Waals surface area contributed by atoms with Crippen molar-refractivity contribution in [1.29, 1.82) is 0 Å². The molecule has 0 radical (unpaired) electrons. The molecule has 0 bridgehead atoms. The summed E-state index contributed by atoms with van der Waals surface area (Å²) in [6, 6.07) is 14.4. The molecule has 2 aromatic carbocycles. The van der Waals surface area contributed by atoms with E-state index in [0.717, 1.165) is 15.0 Å². The van der Waals surface area contributed by atoms with Crippen molar-refractivity contribution in [2.24, 2.45) is 0 Å². The number of carbonyl (C=O) groups excluding carboxylic acids is 1. The Morgan fingerprint density at radius 1 is 1.21 bits per heavy atom. The Labute approximate surface area is 146 Å². The first-order valence-corrected chi connectivity index (χ1v) is 8.46. The highest BCUT2D eigenvalue weighted by atomic mass is 35.5. The molecule has 1 aliphatic heterocycles. The van der Waals surface area contributed by atoms with Gasteiger partial charge in [-0.25, -0.2) is 4.79 Å². The second kappa shape index (κ2) is 5.85. The van der Waals surface area contributed by atoms with Crippen LogP contribution in [0.15, 0.2) is 54.2 Å². The molecule has 2 N–H and O–H groups in total. The van der Waals surface area contributed by atoms with Gasteiger partial charge in [-0.3, -0.25) is 0 Å². The second-order valence-electron chi connectivity index (χ2n) is 5.36. The van der Waals surface area contributed by atoms with Crippen LogP contribution in [0.25, 0.3) is 16.2 Å². The number of esters is 1. The molecule has 0 amide bonds. The van der Waals surface area contributed by atoms with Crippen molar-refractivity contribution >= 4 is 45.1 Å². The number of rotatable bonds is 2. The third kappa shape index (κ3) is 2.62. The first-order chi connectivity index (χ1) is 11.6. The number of hydrogen-bond donors (Lipinski definition) is 2. The van der Waals surface area contributed by atoms with E-state index < -0.39 is 12.2 Å². The maximum Gasteiger partial charge on any atom is 0.356 e. The van der Waals surface area contributed by atoms with Crippen molar-refractivity contribution < 1.29 is 14.6 Å². The summed E-state index contributed by atoms with van der Waals surface area (Å²) in [7, 11) is 0. The molecule has 4 nitrogen and oxygen atoms in total. The summed E-state index contributed by atoms with van der Waals surface area (Å²) in [4.78, 5) is 12.9. The van der Waals surface area contributed by atoms with Crippen LogP contribution in [0.1, 0.15) is 16.7 Å². The summed E-state index contributed by atoms with van der Waals surface area (Å²) in [5.41, 5.74) is 1.04. The molecule has 1 saturated heterocycles. The summed E-state index contributed by atoms with van der Waals surface area (Å²) in [6.07, 6.45) is 1.04. The van der Waals surface area contributed by atoms with E-state index in [4.69, 9.17) is 16.3 Å². The van der Waals surface area contributed by atoms with Gasteiger partial charge in [0.15, 0.2) is 0 Å². The Morgan fingerprint density at radius 2 is 2.04 bits per heavy atom. The van der Waals surface area contributed by atoms with Gasteiger partial charge in [0.25, 0.3) is 0 Å². The van der Waals surface area contributed by atoms with E-state index in [1.54, 1.807) is 30.3 Å². The minimum absolute atomic E-state index is 0.139. The molecule has 4 rings (SSSR count). The van der Waals surface area contributed by atoms with Crippen molar-refractivity contribution in [2.75, 3.05) is 0 Å². The Morgan fingerprint density at radius 3 is 2.83 bits per heavy atom. The van der Waals surface area contributed by atoms with Crippen molar-refractivity contribution in [3.63, 3.8) is 0 Å². The van der Waals surface area contributed by atoms with Crippen LogP contribution in [0.4, 0.5) is 0 Å². The highest BCUT2D eigenvalue weighted by Crippen LogP contribution is 2.41. The molecule has 3 aromatic rings. The third-order valence-corrected chi connectivity index (χ3v) is 5.44. The third-order valence-electron chi connectivity index (χ3n) is 3.71. The number of cyclic esters (lactones) is 1. The number of hydrogen-bond acceptors (Lipinski definition) is 5. The van der Waals surface area contributed by atoms with Crippen LogP contribution in [0.2, 0.25) is 5.02 Å². The lowest BCUT2D eigenvalue weighted by molar-refractivity contribution is -0.139. The molecule has 6 heteroatoms. The standard InChI is InChI=1S/C18H12ClNO3S/c19-15-12-6-1-2-7-14(12)24-16(15)17-20-13(18(22)23-17)9-10-4-3-5-11(21)8-10/h1-9,17,20-21H. The quantitative estimate of drug-likeness (QED) is 0.525. The number of thiophene rings is 1. The van der Waals surface area contributed by atoms with Gasteiger partial charge in [-0.2, -0.15) is 0 Å². The van der Waals surface area contributed by atoms with Gasteiger partial charge in [0, 0.05) is 10.1 Å². The van der Waals surface area contributed by atoms with Gasteiger partial charge >= 0.3 is 5.97 Å². The predicted molar refractivity (Wildman–Crippen MR) is 94.9 cm³/mol. The van der Waals surface area contributed by atoms with Crippen LogP contribution < -0.4 is 5.32 Å². The molecule has 120 valence electrons. The fourth-order valence-corrected chi connectivity index (χ4v) is 4.12. The van der Waals surface area contributed by atoms with Crippen LogP contribution in [-0.4, -0.2) is 11.1 Å². The van der Waals surface area contributed by atoms with E-state index in [1.165, 1.54) is 11.3 Å². The summed E-state index contributed by atoms with van der Waals surface area (Å²) in [5.74, 6) is -0.309. The van der Waals surface area contributed by atoms with Crippen LogP contribution in [0, 0.1) is 0 Å². The van der Waals surface area contributed by atoms with Gasteiger partial charge in [-0.05, 0) is 29.8 Å². The molecule has 0 aliphatic carbocycles. The van der Waals surface area contributed by atoms with Crippen molar-refractivity contribution in [3.05, 3.63) is 69.7 Å². The SMILES string of the molecule is O=C1OC(c2sc3ccccc3c2Cl)NC1=Cc1cccc(O)c1. The minimum atomic E-state index is -0.606. The minimum Gasteiger partial charge on any atom is -0.508 e. The van der Waals surface area contributed by atoms with E-state index in [2.05, 4.69) is 5.32 Å². The van der Waals surface area contributed by atoms with E-state index >= 15 is 0 Å². The maximum absolute atomic E-state index is 12.1. The number of nitrogens with one attached hydrogen (secondary N) is 1. The first-order valence-electron chi connectivity index (χ1n) is 7.27. The summed E-state index contributed by atoms with van der Waals surface area (Å²) < 4.78 is 6.46. The Hall–Kier alpha value is -2.50. The van der Waals surface area contributed by atoms with Gasteiger partial charge < -0.3 is 15.2 Å². The predicted octanol–water partition coefficient (Wildman–Crippen LogP) is 4.45. The zero-order valence-electron chi connectivity index (χ0n) is 12.3. The van der Waals surface area contributed by atoms with E-state index in [1.807, 2.05) is 24.3 Å². The van der Waals surface area contributed by atoms with Gasteiger partial charge in [-0.15, -0.1) is 11.3 Å². The zero-order valence-corrected chi connectivity index (χ0v) is 13.9. The fourth-order valence-electron chi connectivity index (χ4n) is 2.60. The van der Waals surface area contributed by atoms with E-state index in [-0.39, 0.29) is 5.75 Å². The van der Waals surface area contributed by atoms with Crippen molar-refractivity contribution in [1.82, 2.24) is 5.32 Å². The lowest BCUT2D eigenvalue weighted by atomic mass is 10.2. The summed E-state index contributed by atoms with van der Waals surface area (Å²) in [5, 5.41) is 14.1. The lowest BCUT2D eigenvalue weighted by Gasteiger charge is -2.07. The highest BCUT2D eigenvalue weighted by molar-refractivity contribution is 7.19. The van der Waals surface area contributed by atoms with Crippen LogP contribution in [0.3, 0.4) is 0 Å². The Balaban J connectivity index is 1.67. The molecule has 1 fully saturated rings.